The second kappa shape index (κ2) is 8.12. The quantitative estimate of drug-likeness (QED) is 0.683. The molecule has 0 spiro atoms. The Labute approximate surface area is 119 Å². The Kier molecular flexibility index (Phi) is 6.80. The van der Waals surface area contributed by atoms with Gasteiger partial charge in [-0.1, -0.05) is 0 Å². The molecule has 1 aromatic heterocycles. The van der Waals surface area contributed by atoms with Crippen molar-refractivity contribution in [2.45, 2.75) is 33.8 Å². The summed E-state index contributed by atoms with van der Waals surface area (Å²) in [6, 6.07) is 0.231. The Morgan fingerprint density at radius 3 is 2.37 bits per heavy atom. The normalized spacial score (nSPS) is 10.8. The third-order valence-electron chi connectivity index (χ3n) is 2.39. The molecule has 0 atom stereocenters. The van der Waals surface area contributed by atoms with E-state index in [1.54, 1.807) is 0 Å². The van der Waals surface area contributed by atoms with Crippen LogP contribution in [0, 0.1) is 0 Å². The molecule has 0 radical (unpaired) electrons. The Balaban J connectivity index is 2.63. The minimum absolute atomic E-state index is 0.136. The highest BCUT2D eigenvalue weighted by Gasteiger charge is 2.10. The fourth-order valence-corrected chi connectivity index (χ4v) is 1.60. The van der Waals surface area contributed by atoms with Gasteiger partial charge in [-0.2, -0.15) is 15.0 Å². The molecule has 0 unspecified atom stereocenters. The van der Waals surface area contributed by atoms with Gasteiger partial charge in [0, 0.05) is 13.1 Å². The maximum absolute atomic E-state index is 5.87. The first kappa shape index (κ1) is 15.9. The minimum Gasteiger partial charge on any atom is -0.461 e. The summed E-state index contributed by atoms with van der Waals surface area (Å²) >= 11 is 5.87. The van der Waals surface area contributed by atoms with E-state index in [9.17, 15) is 0 Å². The number of anilines is 1. The summed E-state index contributed by atoms with van der Waals surface area (Å²) in [6.45, 7) is 10.5. The molecule has 0 fully saturated rings. The van der Waals surface area contributed by atoms with Gasteiger partial charge in [0.15, 0.2) is 0 Å². The molecule has 19 heavy (non-hydrogen) atoms. The van der Waals surface area contributed by atoms with Gasteiger partial charge in [0.05, 0.1) is 12.7 Å². The van der Waals surface area contributed by atoms with E-state index in [2.05, 4.69) is 15.0 Å². The molecule has 0 aliphatic rings. The van der Waals surface area contributed by atoms with Crippen LogP contribution in [0.4, 0.5) is 5.95 Å². The van der Waals surface area contributed by atoms with Crippen LogP contribution in [0.5, 0.6) is 6.01 Å². The summed E-state index contributed by atoms with van der Waals surface area (Å²) in [4.78, 5) is 14.2. The number of aromatic nitrogens is 3. The van der Waals surface area contributed by atoms with Crippen molar-refractivity contribution >= 4 is 17.5 Å². The van der Waals surface area contributed by atoms with Crippen LogP contribution in [0.25, 0.3) is 0 Å². The molecule has 1 aromatic rings. The van der Waals surface area contributed by atoms with Crippen molar-refractivity contribution in [1.29, 1.82) is 0 Å². The number of rotatable bonds is 8. The van der Waals surface area contributed by atoms with E-state index >= 15 is 0 Å². The zero-order valence-corrected chi connectivity index (χ0v) is 12.6. The lowest BCUT2D eigenvalue weighted by molar-refractivity contribution is 0.0531. The molecular formula is C12H21ClN4O2. The maximum atomic E-state index is 5.87. The molecule has 0 saturated heterocycles. The summed E-state index contributed by atoms with van der Waals surface area (Å²) in [6.07, 6.45) is 0.178. The molecule has 0 saturated carbocycles. The molecule has 0 aromatic carbocycles. The van der Waals surface area contributed by atoms with E-state index in [1.165, 1.54) is 0 Å². The lowest BCUT2D eigenvalue weighted by Crippen LogP contribution is -2.25. The maximum Gasteiger partial charge on any atom is 0.322 e. The fraction of sp³-hybridized carbons (Fsp3) is 0.750. The van der Waals surface area contributed by atoms with Gasteiger partial charge in [-0.15, -0.1) is 0 Å². The van der Waals surface area contributed by atoms with Crippen LogP contribution < -0.4 is 9.64 Å². The Hall–Kier alpha value is -1.14. The highest BCUT2D eigenvalue weighted by molar-refractivity contribution is 6.28. The van der Waals surface area contributed by atoms with Crippen molar-refractivity contribution in [2.75, 3.05) is 31.2 Å². The molecule has 7 heteroatoms. The number of nitrogens with zero attached hydrogens (tertiary/aromatic N) is 4. The molecule has 0 amide bonds. The topological polar surface area (TPSA) is 60.4 Å². The molecule has 1 heterocycles. The first-order valence-corrected chi connectivity index (χ1v) is 6.85. The van der Waals surface area contributed by atoms with Crippen LogP contribution >= 0.6 is 11.6 Å². The summed E-state index contributed by atoms with van der Waals surface area (Å²) in [5.41, 5.74) is 0. The van der Waals surface area contributed by atoms with Crippen molar-refractivity contribution in [3.63, 3.8) is 0 Å². The monoisotopic (exact) mass is 288 g/mol. The van der Waals surface area contributed by atoms with Crippen LogP contribution in [-0.4, -0.2) is 47.4 Å². The van der Waals surface area contributed by atoms with E-state index < -0.39 is 0 Å². The van der Waals surface area contributed by atoms with Crippen molar-refractivity contribution in [2.24, 2.45) is 0 Å². The van der Waals surface area contributed by atoms with Crippen LogP contribution in [0.1, 0.15) is 27.7 Å². The predicted octanol–water partition coefficient (Wildman–Crippen LogP) is 2.17. The Morgan fingerprint density at radius 1 is 1.11 bits per heavy atom. The van der Waals surface area contributed by atoms with E-state index in [0.717, 1.165) is 13.1 Å². The smallest absolute Gasteiger partial charge is 0.322 e. The van der Waals surface area contributed by atoms with Gasteiger partial charge < -0.3 is 14.4 Å². The van der Waals surface area contributed by atoms with Crippen molar-refractivity contribution < 1.29 is 9.47 Å². The van der Waals surface area contributed by atoms with Gasteiger partial charge in [-0.05, 0) is 39.3 Å². The molecular weight excluding hydrogens is 268 g/mol. The fourth-order valence-electron chi connectivity index (χ4n) is 1.45. The summed E-state index contributed by atoms with van der Waals surface area (Å²) in [5, 5.41) is 0.136. The number of hydrogen-bond acceptors (Lipinski definition) is 6. The third kappa shape index (κ3) is 5.57. The summed E-state index contributed by atoms with van der Waals surface area (Å²) < 4.78 is 10.8. The van der Waals surface area contributed by atoms with Gasteiger partial charge in [0.2, 0.25) is 11.2 Å². The van der Waals surface area contributed by atoms with Crippen LogP contribution in [-0.2, 0) is 4.74 Å². The lowest BCUT2D eigenvalue weighted by Gasteiger charge is -2.18. The summed E-state index contributed by atoms with van der Waals surface area (Å²) in [7, 11) is 0. The molecule has 0 aliphatic carbocycles. The zero-order chi connectivity index (χ0) is 14.3. The average Bonchev–Trinajstić information content (AvgIpc) is 2.35. The molecule has 108 valence electrons. The highest BCUT2D eigenvalue weighted by atomic mass is 35.5. The molecule has 0 N–H and O–H groups in total. The van der Waals surface area contributed by atoms with Crippen molar-refractivity contribution in [3.05, 3.63) is 5.28 Å². The second-order valence-electron chi connectivity index (χ2n) is 4.13. The summed E-state index contributed by atoms with van der Waals surface area (Å²) in [5.74, 6) is 0.532. The van der Waals surface area contributed by atoms with E-state index in [1.807, 2.05) is 32.6 Å². The van der Waals surface area contributed by atoms with E-state index in [0.29, 0.717) is 19.2 Å². The van der Waals surface area contributed by atoms with Gasteiger partial charge >= 0.3 is 6.01 Å². The van der Waals surface area contributed by atoms with Gasteiger partial charge in [-0.25, -0.2) is 0 Å². The van der Waals surface area contributed by atoms with E-state index in [4.69, 9.17) is 21.1 Å². The molecule has 0 aliphatic heterocycles. The number of halogens is 1. The van der Waals surface area contributed by atoms with Gasteiger partial charge in [0.1, 0.15) is 6.61 Å². The van der Waals surface area contributed by atoms with Crippen molar-refractivity contribution in [1.82, 2.24) is 15.0 Å². The lowest BCUT2D eigenvalue weighted by atomic mass is 10.5. The van der Waals surface area contributed by atoms with Crippen LogP contribution in [0.15, 0.2) is 0 Å². The van der Waals surface area contributed by atoms with Gasteiger partial charge in [0.25, 0.3) is 0 Å². The van der Waals surface area contributed by atoms with Crippen molar-refractivity contribution in [3.8, 4) is 6.01 Å². The average molecular weight is 289 g/mol. The third-order valence-corrected chi connectivity index (χ3v) is 2.56. The predicted molar refractivity (Wildman–Crippen MR) is 75.0 cm³/mol. The van der Waals surface area contributed by atoms with E-state index in [-0.39, 0.29) is 17.4 Å². The minimum atomic E-state index is 0.136. The second-order valence-corrected chi connectivity index (χ2v) is 4.47. The molecule has 0 bridgehead atoms. The van der Waals surface area contributed by atoms with Crippen LogP contribution in [0.2, 0.25) is 5.28 Å². The SMILES string of the molecule is CCN(CC)c1nc(Cl)nc(OCCOC(C)C)n1. The zero-order valence-electron chi connectivity index (χ0n) is 11.9. The first-order chi connectivity index (χ1) is 9.06. The molecule has 6 nitrogen and oxygen atoms in total. The number of ether oxygens (including phenoxy) is 2. The Bertz CT molecular complexity index is 386. The van der Waals surface area contributed by atoms with Crippen LogP contribution in [0.3, 0.4) is 0 Å². The van der Waals surface area contributed by atoms with Gasteiger partial charge in [-0.3, -0.25) is 0 Å². The highest BCUT2D eigenvalue weighted by Crippen LogP contribution is 2.14. The first-order valence-electron chi connectivity index (χ1n) is 6.47. The Morgan fingerprint density at radius 2 is 1.79 bits per heavy atom. The standard InChI is InChI=1S/C12H21ClN4O2/c1-5-17(6-2)11-14-10(13)15-12(16-11)19-8-7-18-9(3)4/h9H,5-8H2,1-4H3. The largest absolute Gasteiger partial charge is 0.461 e. The number of hydrogen-bond donors (Lipinski definition) is 0. The molecule has 1 rings (SSSR count).